The van der Waals surface area contributed by atoms with Gasteiger partial charge in [0.25, 0.3) is 0 Å². The monoisotopic (exact) mass is 257 g/mol. The van der Waals surface area contributed by atoms with E-state index in [1.807, 2.05) is 18.2 Å². The molecule has 0 fully saturated rings. The average molecular weight is 258 g/mol. The Morgan fingerprint density at radius 3 is 2.18 bits per heavy atom. The van der Waals surface area contributed by atoms with Gasteiger partial charge >= 0.3 is 0 Å². The molecular formula is C13H20ClNO2. The molecule has 0 saturated heterocycles. The molecule has 1 aromatic carbocycles. The Bertz CT molecular complexity index is 312. The minimum Gasteiger partial charge on any atom is -0.383 e. The van der Waals surface area contributed by atoms with Crippen LogP contribution >= 0.6 is 11.6 Å². The molecule has 4 heteroatoms. The van der Waals surface area contributed by atoms with E-state index >= 15 is 0 Å². The van der Waals surface area contributed by atoms with Crippen molar-refractivity contribution in [3.63, 3.8) is 0 Å². The van der Waals surface area contributed by atoms with Gasteiger partial charge in [0.2, 0.25) is 0 Å². The highest BCUT2D eigenvalue weighted by molar-refractivity contribution is 6.31. The molecule has 0 radical (unpaired) electrons. The van der Waals surface area contributed by atoms with Gasteiger partial charge in [-0.2, -0.15) is 0 Å². The zero-order valence-corrected chi connectivity index (χ0v) is 11.2. The van der Waals surface area contributed by atoms with Crippen molar-refractivity contribution >= 4 is 11.6 Å². The highest BCUT2D eigenvalue weighted by Crippen LogP contribution is 2.16. The number of ether oxygens (including phenoxy) is 2. The van der Waals surface area contributed by atoms with Gasteiger partial charge in [-0.25, -0.2) is 0 Å². The normalized spacial score (nSPS) is 11.1. The van der Waals surface area contributed by atoms with Crippen LogP contribution in [-0.4, -0.2) is 45.4 Å². The van der Waals surface area contributed by atoms with Crippen LogP contribution in [0.15, 0.2) is 24.3 Å². The largest absolute Gasteiger partial charge is 0.383 e. The second kappa shape index (κ2) is 8.48. The minimum atomic E-state index is 0.716. The fourth-order valence-corrected chi connectivity index (χ4v) is 1.77. The molecule has 96 valence electrons. The van der Waals surface area contributed by atoms with Crippen LogP contribution in [0.4, 0.5) is 0 Å². The fourth-order valence-electron chi connectivity index (χ4n) is 1.58. The van der Waals surface area contributed by atoms with Crippen LogP contribution in [0.2, 0.25) is 5.02 Å². The average Bonchev–Trinajstić information content (AvgIpc) is 2.35. The lowest BCUT2D eigenvalue weighted by atomic mass is 10.2. The lowest BCUT2D eigenvalue weighted by molar-refractivity contribution is 0.110. The van der Waals surface area contributed by atoms with E-state index in [0.29, 0.717) is 13.2 Å². The lowest BCUT2D eigenvalue weighted by Gasteiger charge is -2.22. The molecule has 1 aromatic rings. The van der Waals surface area contributed by atoms with E-state index in [1.54, 1.807) is 14.2 Å². The highest BCUT2D eigenvalue weighted by Gasteiger charge is 2.07. The third kappa shape index (κ3) is 5.50. The molecular weight excluding hydrogens is 238 g/mol. The second-order valence-electron chi connectivity index (χ2n) is 3.85. The van der Waals surface area contributed by atoms with Crippen LogP contribution in [-0.2, 0) is 16.0 Å². The van der Waals surface area contributed by atoms with Crippen LogP contribution in [0.1, 0.15) is 5.56 Å². The van der Waals surface area contributed by atoms with Crippen molar-refractivity contribution < 1.29 is 9.47 Å². The Kier molecular flexibility index (Phi) is 7.21. The van der Waals surface area contributed by atoms with E-state index in [0.717, 1.165) is 30.2 Å². The number of halogens is 1. The highest BCUT2D eigenvalue weighted by atomic mass is 35.5. The summed E-state index contributed by atoms with van der Waals surface area (Å²) in [5.41, 5.74) is 1.14. The molecule has 0 aromatic heterocycles. The van der Waals surface area contributed by atoms with Gasteiger partial charge in [-0.3, -0.25) is 4.90 Å². The predicted molar refractivity (Wildman–Crippen MR) is 70.5 cm³/mol. The predicted octanol–water partition coefficient (Wildman–Crippen LogP) is 2.43. The molecule has 3 nitrogen and oxygen atoms in total. The summed E-state index contributed by atoms with van der Waals surface area (Å²) in [4.78, 5) is 2.27. The molecule has 0 bridgehead atoms. The van der Waals surface area contributed by atoms with Crippen molar-refractivity contribution in [2.75, 3.05) is 40.5 Å². The van der Waals surface area contributed by atoms with Crippen LogP contribution < -0.4 is 0 Å². The third-order valence-electron chi connectivity index (χ3n) is 2.58. The zero-order valence-electron chi connectivity index (χ0n) is 10.5. The number of hydrogen-bond donors (Lipinski definition) is 0. The van der Waals surface area contributed by atoms with Gasteiger partial charge in [-0.05, 0) is 11.6 Å². The maximum absolute atomic E-state index is 6.15. The number of nitrogens with zero attached hydrogens (tertiary/aromatic N) is 1. The Labute approximate surface area is 108 Å². The number of hydrogen-bond acceptors (Lipinski definition) is 3. The van der Waals surface area contributed by atoms with E-state index in [1.165, 1.54) is 0 Å². The first-order chi connectivity index (χ1) is 8.27. The van der Waals surface area contributed by atoms with Crippen LogP contribution in [0.5, 0.6) is 0 Å². The molecule has 17 heavy (non-hydrogen) atoms. The second-order valence-corrected chi connectivity index (χ2v) is 4.26. The number of rotatable bonds is 8. The van der Waals surface area contributed by atoms with Gasteiger partial charge in [-0.1, -0.05) is 29.8 Å². The maximum Gasteiger partial charge on any atom is 0.0589 e. The first-order valence-electron chi connectivity index (χ1n) is 5.71. The van der Waals surface area contributed by atoms with E-state index in [-0.39, 0.29) is 0 Å². The summed E-state index contributed by atoms with van der Waals surface area (Å²) in [6, 6.07) is 7.92. The van der Waals surface area contributed by atoms with E-state index in [2.05, 4.69) is 11.0 Å². The summed E-state index contributed by atoms with van der Waals surface area (Å²) in [6.45, 7) is 4.02. The summed E-state index contributed by atoms with van der Waals surface area (Å²) in [6.07, 6.45) is 0. The quantitative estimate of drug-likeness (QED) is 0.714. The van der Waals surface area contributed by atoms with Crippen LogP contribution in [0.25, 0.3) is 0 Å². The van der Waals surface area contributed by atoms with Gasteiger partial charge in [0, 0.05) is 38.9 Å². The van der Waals surface area contributed by atoms with Crippen molar-refractivity contribution in [1.29, 1.82) is 0 Å². The summed E-state index contributed by atoms with van der Waals surface area (Å²) in [5, 5.41) is 0.812. The Balaban J connectivity index is 2.55. The van der Waals surface area contributed by atoms with Gasteiger partial charge in [-0.15, -0.1) is 0 Å². The number of benzene rings is 1. The molecule has 0 atom stereocenters. The fraction of sp³-hybridized carbons (Fsp3) is 0.538. The van der Waals surface area contributed by atoms with Crippen molar-refractivity contribution in [3.05, 3.63) is 34.9 Å². The summed E-state index contributed by atoms with van der Waals surface area (Å²) < 4.78 is 10.2. The molecule has 1 rings (SSSR count). The smallest absolute Gasteiger partial charge is 0.0589 e. The molecule has 0 spiro atoms. The maximum atomic E-state index is 6.15. The van der Waals surface area contributed by atoms with E-state index in [4.69, 9.17) is 21.1 Å². The third-order valence-corrected chi connectivity index (χ3v) is 2.94. The van der Waals surface area contributed by atoms with Crippen molar-refractivity contribution in [3.8, 4) is 0 Å². The summed E-state index contributed by atoms with van der Waals surface area (Å²) in [5.74, 6) is 0. The van der Waals surface area contributed by atoms with Gasteiger partial charge in [0.05, 0.1) is 13.2 Å². The van der Waals surface area contributed by atoms with Crippen molar-refractivity contribution in [2.45, 2.75) is 6.54 Å². The molecule has 0 aliphatic heterocycles. The van der Waals surface area contributed by atoms with E-state index < -0.39 is 0 Å². The SMILES string of the molecule is COCCN(CCOC)Cc1ccccc1Cl. The topological polar surface area (TPSA) is 21.7 Å². The Morgan fingerprint density at radius 1 is 1.06 bits per heavy atom. The van der Waals surface area contributed by atoms with Crippen LogP contribution in [0.3, 0.4) is 0 Å². The molecule has 0 saturated carbocycles. The van der Waals surface area contributed by atoms with Crippen molar-refractivity contribution in [2.24, 2.45) is 0 Å². The standard InChI is InChI=1S/C13H20ClNO2/c1-16-9-7-15(8-10-17-2)11-12-5-3-4-6-13(12)14/h3-6H,7-11H2,1-2H3. The van der Waals surface area contributed by atoms with Crippen LogP contribution in [0, 0.1) is 0 Å². The van der Waals surface area contributed by atoms with E-state index in [9.17, 15) is 0 Å². The first kappa shape index (κ1) is 14.5. The number of methoxy groups -OCH3 is 2. The molecule has 0 heterocycles. The zero-order chi connectivity index (χ0) is 12.5. The molecule has 0 N–H and O–H groups in total. The first-order valence-corrected chi connectivity index (χ1v) is 6.09. The summed E-state index contributed by atoms with van der Waals surface area (Å²) >= 11 is 6.15. The molecule has 0 aliphatic carbocycles. The molecule has 0 aliphatic rings. The molecule has 0 unspecified atom stereocenters. The Hall–Kier alpha value is -0.610. The minimum absolute atomic E-state index is 0.716. The molecule has 0 amide bonds. The van der Waals surface area contributed by atoms with Gasteiger partial charge < -0.3 is 9.47 Å². The Morgan fingerprint density at radius 2 is 1.65 bits per heavy atom. The van der Waals surface area contributed by atoms with Gasteiger partial charge in [0.1, 0.15) is 0 Å². The van der Waals surface area contributed by atoms with Crippen molar-refractivity contribution in [1.82, 2.24) is 4.90 Å². The van der Waals surface area contributed by atoms with Gasteiger partial charge in [0.15, 0.2) is 0 Å². The summed E-state index contributed by atoms with van der Waals surface area (Å²) in [7, 11) is 3.42. The lowest BCUT2D eigenvalue weighted by Crippen LogP contribution is -2.30.